The molecule has 0 spiro atoms. The van der Waals surface area contributed by atoms with Gasteiger partial charge in [-0.1, -0.05) is 18.2 Å². The van der Waals surface area contributed by atoms with E-state index in [4.69, 9.17) is 9.72 Å². The van der Waals surface area contributed by atoms with Crippen LogP contribution in [0.3, 0.4) is 0 Å². The van der Waals surface area contributed by atoms with E-state index < -0.39 is 0 Å². The van der Waals surface area contributed by atoms with Crippen molar-refractivity contribution in [2.45, 2.75) is 25.4 Å². The van der Waals surface area contributed by atoms with E-state index in [1.807, 2.05) is 42.5 Å². The number of hydrogen-bond donors (Lipinski definition) is 1. The molecule has 3 heterocycles. The van der Waals surface area contributed by atoms with Gasteiger partial charge in [-0.15, -0.1) is 0 Å². The Morgan fingerprint density at radius 1 is 1.19 bits per heavy atom. The Morgan fingerprint density at radius 2 is 2.04 bits per heavy atom. The lowest BCUT2D eigenvalue weighted by atomic mass is 10.0. The van der Waals surface area contributed by atoms with Gasteiger partial charge in [0.05, 0.1) is 22.9 Å². The Labute approximate surface area is 152 Å². The molecule has 0 unspecified atom stereocenters. The molecule has 0 radical (unpaired) electrons. The first-order valence-corrected chi connectivity index (χ1v) is 9.01. The third-order valence-corrected chi connectivity index (χ3v) is 4.71. The standard InChI is InChI=1S/C21H21N3O2/c25-21(23-12-9-16-4-3-13-26-16)18-14-20(15-7-10-22-11-8-15)24-19-6-2-1-5-17(18)19/h1-2,5-8,10-11,14,16H,3-4,9,12-13H2,(H,23,25)/t16-/m0/s1. The normalized spacial score (nSPS) is 16.7. The van der Waals surface area contributed by atoms with Crippen molar-refractivity contribution in [2.75, 3.05) is 13.2 Å². The van der Waals surface area contributed by atoms with Crippen LogP contribution in [0.5, 0.6) is 0 Å². The molecule has 0 bridgehead atoms. The summed E-state index contributed by atoms with van der Waals surface area (Å²) in [5.41, 5.74) is 3.18. The predicted octanol–water partition coefficient (Wildman–Crippen LogP) is 3.60. The summed E-state index contributed by atoms with van der Waals surface area (Å²) in [4.78, 5) is 21.6. The summed E-state index contributed by atoms with van der Waals surface area (Å²) in [6.45, 7) is 1.45. The molecule has 0 aliphatic carbocycles. The molecular weight excluding hydrogens is 326 g/mol. The summed E-state index contributed by atoms with van der Waals surface area (Å²) in [5.74, 6) is -0.0723. The van der Waals surface area contributed by atoms with E-state index in [2.05, 4.69) is 10.3 Å². The number of nitrogens with zero attached hydrogens (tertiary/aromatic N) is 2. The highest BCUT2D eigenvalue weighted by atomic mass is 16.5. The summed E-state index contributed by atoms with van der Waals surface area (Å²) < 4.78 is 5.62. The number of hydrogen-bond acceptors (Lipinski definition) is 4. The van der Waals surface area contributed by atoms with Gasteiger partial charge in [-0.3, -0.25) is 9.78 Å². The molecular formula is C21H21N3O2. The first-order valence-electron chi connectivity index (χ1n) is 9.01. The Bertz CT molecular complexity index is 906. The van der Waals surface area contributed by atoms with Crippen LogP contribution < -0.4 is 5.32 Å². The van der Waals surface area contributed by atoms with Crippen molar-refractivity contribution in [3.63, 3.8) is 0 Å². The highest BCUT2D eigenvalue weighted by molar-refractivity contribution is 6.07. The van der Waals surface area contributed by atoms with Gasteiger partial charge in [0.25, 0.3) is 5.91 Å². The molecule has 1 aromatic carbocycles. The molecule has 1 aliphatic rings. The Balaban J connectivity index is 1.61. The van der Waals surface area contributed by atoms with Crippen LogP contribution in [-0.4, -0.2) is 35.1 Å². The van der Waals surface area contributed by atoms with E-state index >= 15 is 0 Å². The molecule has 5 nitrogen and oxygen atoms in total. The summed E-state index contributed by atoms with van der Waals surface area (Å²) >= 11 is 0. The van der Waals surface area contributed by atoms with E-state index in [9.17, 15) is 4.79 Å². The fourth-order valence-electron chi connectivity index (χ4n) is 3.35. The second-order valence-electron chi connectivity index (χ2n) is 6.49. The molecule has 0 saturated carbocycles. The maximum Gasteiger partial charge on any atom is 0.252 e. The number of amides is 1. The van der Waals surface area contributed by atoms with Gasteiger partial charge in [0.2, 0.25) is 0 Å². The minimum absolute atomic E-state index is 0.0723. The first kappa shape index (κ1) is 16.7. The molecule has 1 N–H and O–H groups in total. The van der Waals surface area contributed by atoms with Crippen LogP contribution in [0.2, 0.25) is 0 Å². The average Bonchev–Trinajstić information content (AvgIpc) is 3.21. The molecule has 1 aliphatic heterocycles. The second kappa shape index (κ2) is 7.62. The smallest absolute Gasteiger partial charge is 0.252 e. The molecule has 1 atom stereocenters. The number of rotatable bonds is 5. The number of fused-ring (bicyclic) bond motifs is 1. The van der Waals surface area contributed by atoms with E-state index in [1.165, 1.54) is 0 Å². The largest absolute Gasteiger partial charge is 0.378 e. The summed E-state index contributed by atoms with van der Waals surface area (Å²) in [6, 6.07) is 13.4. The van der Waals surface area contributed by atoms with Gasteiger partial charge < -0.3 is 10.1 Å². The van der Waals surface area contributed by atoms with Crippen molar-refractivity contribution in [2.24, 2.45) is 0 Å². The number of nitrogens with one attached hydrogen (secondary N) is 1. The number of carbonyl (C=O) groups is 1. The molecule has 1 fully saturated rings. The van der Waals surface area contributed by atoms with Crippen LogP contribution in [-0.2, 0) is 4.74 Å². The number of ether oxygens (including phenoxy) is 1. The Kier molecular flexibility index (Phi) is 4.88. The van der Waals surface area contributed by atoms with Crippen molar-refractivity contribution >= 4 is 16.8 Å². The minimum atomic E-state index is -0.0723. The number of aromatic nitrogens is 2. The lowest BCUT2D eigenvalue weighted by Crippen LogP contribution is -2.27. The monoisotopic (exact) mass is 347 g/mol. The van der Waals surface area contributed by atoms with Gasteiger partial charge in [-0.05, 0) is 43.5 Å². The third kappa shape index (κ3) is 3.58. The summed E-state index contributed by atoms with van der Waals surface area (Å²) in [6.07, 6.45) is 6.79. The number of para-hydroxylation sites is 1. The van der Waals surface area contributed by atoms with E-state index in [0.29, 0.717) is 12.1 Å². The van der Waals surface area contributed by atoms with Crippen LogP contribution in [0.25, 0.3) is 22.2 Å². The van der Waals surface area contributed by atoms with Gasteiger partial charge in [-0.25, -0.2) is 4.98 Å². The van der Waals surface area contributed by atoms with Crippen molar-refractivity contribution in [1.29, 1.82) is 0 Å². The summed E-state index contributed by atoms with van der Waals surface area (Å²) in [5, 5.41) is 3.90. The molecule has 2 aromatic heterocycles. The lowest BCUT2D eigenvalue weighted by molar-refractivity contribution is 0.0908. The molecule has 3 aromatic rings. The van der Waals surface area contributed by atoms with E-state index in [-0.39, 0.29) is 12.0 Å². The van der Waals surface area contributed by atoms with Crippen molar-refractivity contribution < 1.29 is 9.53 Å². The molecule has 26 heavy (non-hydrogen) atoms. The molecule has 1 amide bonds. The van der Waals surface area contributed by atoms with E-state index in [1.54, 1.807) is 12.4 Å². The predicted molar refractivity (Wildman–Crippen MR) is 101 cm³/mol. The highest BCUT2D eigenvalue weighted by Crippen LogP contribution is 2.24. The Hall–Kier alpha value is -2.79. The fraction of sp³-hybridized carbons (Fsp3) is 0.286. The summed E-state index contributed by atoms with van der Waals surface area (Å²) in [7, 11) is 0. The molecule has 4 rings (SSSR count). The second-order valence-corrected chi connectivity index (χ2v) is 6.49. The minimum Gasteiger partial charge on any atom is -0.378 e. The van der Waals surface area contributed by atoms with Crippen LogP contribution in [0, 0.1) is 0 Å². The average molecular weight is 347 g/mol. The van der Waals surface area contributed by atoms with Gasteiger partial charge in [0.1, 0.15) is 0 Å². The van der Waals surface area contributed by atoms with Gasteiger partial charge in [0, 0.05) is 36.5 Å². The van der Waals surface area contributed by atoms with Gasteiger partial charge in [0.15, 0.2) is 0 Å². The van der Waals surface area contributed by atoms with Crippen molar-refractivity contribution in [1.82, 2.24) is 15.3 Å². The highest BCUT2D eigenvalue weighted by Gasteiger charge is 2.17. The maximum atomic E-state index is 12.8. The lowest BCUT2D eigenvalue weighted by Gasteiger charge is -2.12. The Morgan fingerprint density at radius 3 is 2.85 bits per heavy atom. The van der Waals surface area contributed by atoms with Gasteiger partial charge in [-0.2, -0.15) is 0 Å². The van der Waals surface area contributed by atoms with Crippen LogP contribution in [0.15, 0.2) is 54.9 Å². The van der Waals surface area contributed by atoms with Crippen LogP contribution in [0.1, 0.15) is 29.6 Å². The molecule has 5 heteroatoms. The van der Waals surface area contributed by atoms with Gasteiger partial charge >= 0.3 is 0 Å². The third-order valence-electron chi connectivity index (χ3n) is 4.71. The number of pyridine rings is 2. The topological polar surface area (TPSA) is 64.1 Å². The van der Waals surface area contributed by atoms with E-state index in [0.717, 1.165) is 48.0 Å². The zero-order chi connectivity index (χ0) is 17.8. The van der Waals surface area contributed by atoms with Crippen molar-refractivity contribution in [3.05, 3.63) is 60.4 Å². The van der Waals surface area contributed by atoms with Crippen LogP contribution >= 0.6 is 0 Å². The van der Waals surface area contributed by atoms with Crippen LogP contribution in [0.4, 0.5) is 0 Å². The number of benzene rings is 1. The van der Waals surface area contributed by atoms with Crippen molar-refractivity contribution in [3.8, 4) is 11.3 Å². The zero-order valence-electron chi connectivity index (χ0n) is 14.5. The first-order chi connectivity index (χ1) is 12.8. The quantitative estimate of drug-likeness (QED) is 0.766. The fourth-order valence-corrected chi connectivity index (χ4v) is 3.35. The zero-order valence-corrected chi connectivity index (χ0v) is 14.5. The SMILES string of the molecule is O=C(NCC[C@@H]1CCCO1)c1cc(-c2ccncc2)nc2ccccc12. The number of carbonyl (C=O) groups excluding carboxylic acids is 1. The molecule has 1 saturated heterocycles. The maximum absolute atomic E-state index is 12.8. The molecule has 132 valence electrons.